The predicted molar refractivity (Wildman–Crippen MR) is 119 cm³/mol. The van der Waals surface area contributed by atoms with Crippen LogP contribution in [0.1, 0.15) is 73.0 Å². The lowest BCUT2D eigenvalue weighted by molar-refractivity contribution is 0.0977. The minimum Gasteiger partial charge on any atom is -0.507 e. The highest BCUT2D eigenvalue weighted by atomic mass is 16.3. The first-order chi connectivity index (χ1) is 14.3. The van der Waals surface area contributed by atoms with E-state index in [-0.39, 0.29) is 41.8 Å². The van der Waals surface area contributed by atoms with E-state index in [0.717, 1.165) is 18.4 Å². The van der Waals surface area contributed by atoms with E-state index in [2.05, 4.69) is 26.8 Å². The fourth-order valence-electron chi connectivity index (χ4n) is 4.66. The number of aliphatic hydroxyl groups excluding tert-OH is 1. The molecule has 0 saturated heterocycles. The van der Waals surface area contributed by atoms with Crippen molar-refractivity contribution < 1.29 is 20.1 Å². The molecule has 160 valence electrons. The molecule has 0 amide bonds. The van der Waals surface area contributed by atoms with E-state index in [1.165, 1.54) is 11.6 Å². The third-order valence-corrected chi connectivity index (χ3v) is 6.32. The maximum Gasteiger partial charge on any atom is 0.170 e. The van der Waals surface area contributed by atoms with Crippen LogP contribution in [-0.4, -0.2) is 21.1 Å². The molecular weight excluding hydrogens is 376 g/mol. The molecule has 1 aliphatic rings. The van der Waals surface area contributed by atoms with Crippen molar-refractivity contribution in [3.8, 4) is 11.5 Å². The highest BCUT2D eigenvalue weighted by Gasteiger charge is 2.33. The number of phenols is 2. The van der Waals surface area contributed by atoms with Crippen LogP contribution in [0, 0.1) is 11.8 Å². The number of hydrogen-bond acceptors (Lipinski definition) is 4. The van der Waals surface area contributed by atoms with Gasteiger partial charge in [-0.1, -0.05) is 55.8 Å². The first kappa shape index (κ1) is 22.1. The average Bonchev–Trinajstić information content (AvgIpc) is 2.72. The molecule has 4 heteroatoms. The van der Waals surface area contributed by atoms with Gasteiger partial charge in [0.2, 0.25) is 0 Å². The summed E-state index contributed by atoms with van der Waals surface area (Å²) in [5, 5.41) is 31.6. The van der Waals surface area contributed by atoms with Gasteiger partial charge in [0.25, 0.3) is 0 Å². The van der Waals surface area contributed by atoms with Crippen molar-refractivity contribution in [2.24, 2.45) is 11.8 Å². The number of phenolic OH excluding ortho intramolecular Hbond substituents is 2. The van der Waals surface area contributed by atoms with Gasteiger partial charge < -0.3 is 15.3 Å². The van der Waals surface area contributed by atoms with Crippen LogP contribution >= 0.6 is 0 Å². The van der Waals surface area contributed by atoms with Gasteiger partial charge in [0, 0.05) is 17.9 Å². The van der Waals surface area contributed by atoms with E-state index in [1.807, 2.05) is 30.3 Å². The second-order valence-electron chi connectivity index (χ2n) is 8.74. The molecule has 3 rings (SSSR count). The summed E-state index contributed by atoms with van der Waals surface area (Å²) in [7, 11) is 0. The van der Waals surface area contributed by atoms with Crippen LogP contribution in [0.3, 0.4) is 0 Å². The van der Waals surface area contributed by atoms with Crippen LogP contribution < -0.4 is 0 Å². The van der Waals surface area contributed by atoms with Gasteiger partial charge >= 0.3 is 0 Å². The van der Waals surface area contributed by atoms with Crippen molar-refractivity contribution in [1.82, 2.24) is 0 Å². The zero-order valence-electron chi connectivity index (χ0n) is 18.1. The van der Waals surface area contributed by atoms with Crippen molar-refractivity contribution in [3.05, 3.63) is 70.3 Å². The van der Waals surface area contributed by atoms with Gasteiger partial charge in [0.05, 0.1) is 6.61 Å². The number of ketones is 1. The molecule has 0 aliphatic heterocycles. The highest BCUT2D eigenvalue weighted by Crippen LogP contribution is 2.47. The van der Waals surface area contributed by atoms with Gasteiger partial charge in [-0.25, -0.2) is 0 Å². The third kappa shape index (κ3) is 4.59. The Kier molecular flexibility index (Phi) is 6.99. The summed E-state index contributed by atoms with van der Waals surface area (Å²) in [4.78, 5) is 13.0. The Balaban J connectivity index is 2.01. The van der Waals surface area contributed by atoms with Crippen LogP contribution in [0.4, 0.5) is 0 Å². The molecule has 3 N–H and O–H groups in total. The Morgan fingerprint density at radius 1 is 1.17 bits per heavy atom. The fraction of sp³-hybridized carbons (Fsp3) is 0.423. The molecule has 0 aromatic heterocycles. The zero-order valence-corrected chi connectivity index (χ0v) is 18.1. The number of hydrogen-bond donors (Lipinski definition) is 3. The van der Waals surface area contributed by atoms with Crippen LogP contribution in [0.15, 0.2) is 48.0 Å². The summed E-state index contributed by atoms with van der Waals surface area (Å²) in [6.07, 6.45) is 4.88. The normalized spacial score (nSPS) is 19.0. The number of Topliss-reactive ketones (excluding diaryl/α,β-unsaturated/α-hetero) is 1. The molecule has 0 heterocycles. The van der Waals surface area contributed by atoms with E-state index < -0.39 is 0 Å². The highest BCUT2D eigenvalue weighted by molar-refractivity contribution is 6.02. The molecule has 0 spiro atoms. The first-order valence-electron chi connectivity index (χ1n) is 10.8. The van der Waals surface area contributed by atoms with Crippen molar-refractivity contribution in [3.63, 3.8) is 0 Å². The Morgan fingerprint density at radius 3 is 2.50 bits per heavy atom. The Bertz CT molecular complexity index is 928. The van der Waals surface area contributed by atoms with Gasteiger partial charge in [-0.05, 0) is 55.2 Å². The lowest BCUT2D eigenvalue weighted by atomic mass is 9.70. The van der Waals surface area contributed by atoms with Crippen LogP contribution in [0.5, 0.6) is 11.5 Å². The van der Waals surface area contributed by atoms with Crippen LogP contribution in [0.25, 0.3) is 0 Å². The molecular formula is C26H32O4. The molecule has 4 nitrogen and oxygen atoms in total. The van der Waals surface area contributed by atoms with E-state index in [1.54, 1.807) is 0 Å². The summed E-state index contributed by atoms with van der Waals surface area (Å²) < 4.78 is 0. The lowest BCUT2D eigenvalue weighted by Gasteiger charge is -2.34. The van der Waals surface area contributed by atoms with Crippen LogP contribution in [0.2, 0.25) is 0 Å². The molecule has 2 unspecified atom stereocenters. The number of carbonyl (C=O) groups excluding carboxylic acids is 1. The number of benzene rings is 2. The van der Waals surface area contributed by atoms with Gasteiger partial charge in [0.15, 0.2) is 5.78 Å². The Labute approximate surface area is 178 Å². The molecule has 1 aliphatic carbocycles. The number of aliphatic hydroxyl groups is 1. The smallest absolute Gasteiger partial charge is 0.170 e. The Morgan fingerprint density at radius 2 is 1.87 bits per heavy atom. The largest absolute Gasteiger partial charge is 0.507 e. The summed E-state index contributed by atoms with van der Waals surface area (Å²) in [6.45, 7) is 6.09. The second kappa shape index (κ2) is 9.48. The maximum absolute atomic E-state index is 13.0. The lowest BCUT2D eigenvalue weighted by Crippen LogP contribution is -2.22. The Hall–Kier alpha value is -2.59. The first-order valence-corrected chi connectivity index (χ1v) is 10.8. The number of aromatic hydroxyl groups is 2. The van der Waals surface area contributed by atoms with E-state index in [9.17, 15) is 20.1 Å². The summed E-state index contributed by atoms with van der Waals surface area (Å²) in [6, 6.07) is 11.1. The average molecular weight is 409 g/mol. The molecule has 0 radical (unpaired) electrons. The van der Waals surface area contributed by atoms with Crippen LogP contribution in [-0.2, 0) is 13.0 Å². The minimum atomic E-state index is -0.302. The van der Waals surface area contributed by atoms with Crippen molar-refractivity contribution in [2.75, 3.05) is 0 Å². The number of rotatable bonds is 7. The standard InChI is InChI=1S/C26H32O4/c1-16(2)20-11-9-17(3)13-21(20)24-19(15-27)14-23(29)25(26(24)30)22(28)12-10-18-7-5-4-6-8-18/h4-8,13-14,16,20-21,27,29-30H,9-12,15H2,1-3H3. The van der Waals surface area contributed by atoms with Gasteiger partial charge in [-0.15, -0.1) is 0 Å². The van der Waals surface area contributed by atoms with Gasteiger partial charge in [0.1, 0.15) is 17.1 Å². The van der Waals surface area contributed by atoms with Crippen molar-refractivity contribution >= 4 is 5.78 Å². The summed E-state index contributed by atoms with van der Waals surface area (Å²) >= 11 is 0. The monoisotopic (exact) mass is 408 g/mol. The molecule has 0 saturated carbocycles. The molecule has 0 bridgehead atoms. The van der Waals surface area contributed by atoms with Crippen molar-refractivity contribution in [2.45, 2.75) is 59.0 Å². The van der Waals surface area contributed by atoms with Crippen molar-refractivity contribution in [1.29, 1.82) is 0 Å². The van der Waals surface area contributed by atoms with E-state index >= 15 is 0 Å². The molecule has 2 atom stereocenters. The zero-order chi connectivity index (χ0) is 21.8. The second-order valence-corrected chi connectivity index (χ2v) is 8.74. The number of carbonyl (C=O) groups is 1. The predicted octanol–water partition coefficient (Wildman–Crippen LogP) is 5.50. The maximum atomic E-state index is 13.0. The minimum absolute atomic E-state index is 0.0303. The van der Waals surface area contributed by atoms with E-state index in [4.69, 9.17) is 0 Å². The fourth-order valence-corrected chi connectivity index (χ4v) is 4.66. The molecule has 0 fully saturated rings. The van der Waals surface area contributed by atoms with E-state index in [0.29, 0.717) is 29.4 Å². The molecule has 2 aromatic rings. The quantitative estimate of drug-likeness (QED) is 0.417. The summed E-state index contributed by atoms with van der Waals surface area (Å²) in [5.74, 6) is -0.160. The molecule has 2 aromatic carbocycles. The third-order valence-electron chi connectivity index (χ3n) is 6.32. The van der Waals surface area contributed by atoms with Gasteiger partial charge in [-0.3, -0.25) is 4.79 Å². The molecule has 30 heavy (non-hydrogen) atoms. The number of allylic oxidation sites excluding steroid dienone is 2. The topological polar surface area (TPSA) is 77.8 Å². The number of aryl methyl sites for hydroxylation is 1. The van der Waals surface area contributed by atoms with Gasteiger partial charge in [-0.2, -0.15) is 0 Å². The SMILES string of the molecule is CC1=CC(c2c(CO)cc(O)c(C(=O)CCc3ccccc3)c2O)C(C(C)C)CC1. The summed E-state index contributed by atoms with van der Waals surface area (Å²) in [5.41, 5.74) is 3.30.